The van der Waals surface area contributed by atoms with E-state index in [-0.39, 0.29) is 11.7 Å². The standard InChI is InChI=1S/C15H20FN3O3/c1-10-9-11(3-4-12(10)16)19-7-5-13(14(19)20)18-15(21)17-6-8-22-2/h3-4,9,13H,5-8H2,1-2H3,(H2,17,18,21)/t13-/m0/s1. The van der Waals surface area contributed by atoms with E-state index in [1.807, 2.05) is 0 Å². The summed E-state index contributed by atoms with van der Waals surface area (Å²) < 4.78 is 18.1. The number of ether oxygens (including phenoxy) is 1. The number of rotatable bonds is 5. The van der Waals surface area contributed by atoms with Crippen LogP contribution in [0.5, 0.6) is 0 Å². The summed E-state index contributed by atoms with van der Waals surface area (Å²) in [5.41, 5.74) is 1.13. The number of nitrogens with zero attached hydrogens (tertiary/aromatic N) is 1. The highest BCUT2D eigenvalue weighted by atomic mass is 19.1. The molecule has 22 heavy (non-hydrogen) atoms. The van der Waals surface area contributed by atoms with Crippen molar-refractivity contribution in [1.82, 2.24) is 10.6 Å². The van der Waals surface area contributed by atoms with Gasteiger partial charge in [0.05, 0.1) is 6.61 Å². The van der Waals surface area contributed by atoms with Crippen LogP contribution >= 0.6 is 0 Å². The van der Waals surface area contributed by atoms with Crippen LogP contribution in [0, 0.1) is 12.7 Å². The van der Waals surface area contributed by atoms with Gasteiger partial charge in [-0.25, -0.2) is 9.18 Å². The van der Waals surface area contributed by atoms with Crippen LogP contribution in [0.2, 0.25) is 0 Å². The van der Waals surface area contributed by atoms with Crippen molar-refractivity contribution in [1.29, 1.82) is 0 Å². The Hall–Kier alpha value is -2.15. The summed E-state index contributed by atoms with van der Waals surface area (Å²) in [5.74, 6) is -0.490. The van der Waals surface area contributed by atoms with Crippen molar-refractivity contribution in [2.45, 2.75) is 19.4 Å². The van der Waals surface area contributed by atoms with Crippen LogP contribution < -0.4 is 15.5 Å². The monoisotopic (exact) mass is 309 g/mol. The maximum atomic E-state index is 13.3. The van der Waals surface area contributed by atoms with Gasteiger partial charge in [0, 0.05) is 25.9 Å². The fourth-order valence-corrected chi connectivity index (χ4v) is 2.34. The molecule has 1 aliphatic rings. The molecule has 1 aromatic rings. The summed E-state index contributed by atoms with van der Waals surface area (Å²) in [7, 11) is 1.54. The van der Waals surface area contributed by atoms with Gasteiger partial charge in [0.2, 0.25) is 5.91 Å². The van der Waals surface area contributed by atoms with Crippen molar-refractivity contribution < 1.29 is 18.7 Å². The molecular weight excluding hydrogens is 289 g/mol. The van der Waals surface area contributed by atoms with Gasteiger partial charge in [-0.3, -0.25) is 4.79 Å². The maximum absolute atomic E-state index is 13.3. The molecule has 3 amide bonds. The first-order valence-corrected chi connectivity index (χ1v) is 7.13. The van der Waals surface area contributed by atoms with E-state index in [1.54, 1.807) is 31.1 Å². The Morgan fingerprint density at radius 3 is 2.95 bits per heavy atom. The smallest absolute Gasteiger partial charge is 0.315 e. The number of hydrogen-bond acceptors (Lipinski definition) is 3. The van der Waals surface area contributed by atoms with Crippen LogP contribution in [0.4, 0.5) is 14.9 Å². The lowest BCUT2D eigenvalue weighted by atomic mass is 10.2. The molecule has 1 saturated heterocycles. The largest absolute Gasteiger partial charge is 0.383 e. The zero-order valence-corrected chi connectivity index (χ0v) is 12.7. The van der Waals surface area contributed by atoms with Gasteiger partial charge in [-0.2, -0.15) is 0 Å². The van der Waals surface area contributed by atoms with Gasteiger partial charge in [0.25, 0.3) is 0 Å². The lowest BCUT2D eigenvalue weighted by Crippen LogP contribution is -2.46. The van der Waals surface area contributed by atoms with Gasteiger partial charge >= 0.3 is 6.03 Å². The van der Waals surface area contributed by atoms with Crippen LogP contribution in [0.1, 0.15) is 12.0 Å². The van der Waals surface area contributed by atoms with E-state index in [0.717, 1.165) is 0 Å². The average molecular weight is 309 g/mol. The second-order valence-electron chi connectivity index (χ2n) is 5.16. The van der Waals surface area contributed by atoms with Crippen LogP contribution in [0.3, 0.4) is 0 Å². The summed E-state index contributed by atoms with van der Waals surface area (Å²) in [6, 6.07) is 3.59. The summed E-state index contributed by atoms with van der Waals surface area (Å²) in [6.07, 6.45) is 0.521. The third-order valence-corrected chi connectivity index (χ3v) is 3.56. The molecule has 0 bridgehead atoms. The minimum Gasteiger partial charge on any atom is -0.383 e. The number of benzene rings is 1. The number of aryl methyl sites for hydroxylation is 1. The van der Waals surface area contributed by atoms with Gasteiger partial charge in [-0.05, 0) is 37.1 Å². The van der Waals surface area contributed by atoms with Crippen molar-refractivity contribution >= 4 is 17.6 Å². The van der Waals surface area contributed by atoms with Crippen molar-refractivity contribution in [2.24, 2.45) is 0 Å². The van der Waals surface area contributed by atoms with Crippen molar-refractivity contribution in [3.05, 3.63) is 29.6 Å². The number of urea groups is 1. The molecule has 0 saturated carbocycles. The third kappa shape index (κ3) is 3.73. The topological polar surface area (TPSA) is 70.7 Å². The Morgan fingerprint density at radius 1 is 1.50 bits per heavy atom. The molecular formula is C15H20FN3O3. The van der Waals surface area contributed by atoms with Gasteiger partial charge in [0.1, 0.15) is 11.9 Å². The number of carbonyl (C=O) groups is 2. The van der Waals surface area contributed by atoms with Gasteiger partial charge in [0.15, 0.2) is 0 Å². The highest BCUT2D eigenvalue weighted by Gasteiger charge is 2.33. The van der Waals surface area contributed by atoms with E-state index in [0.29, 0.717) is 37.4 Å². The molecule has 2 rings (SSSR count). The lowest BCUT2D eigenvalue weighted by Gasteiger charge is -2.18. The van der Waals surface area contributed by atoms with Crippen LogP contribution in [0.25, 0.3) is 0 Å². The normalized spacial score (nSPS) is 17.7. The van der Waals surface area contributed by atoms with E-state index in [2.05, 4.69) is 10.6 Å². The second-order valence-corrected chi connectivity index (χ2v) is 5.16. The summed E-state index contributed by atoms with van der Waals surface area (Å²) >= 11 is 0. The summed E-state index contributed by atoms with van der Waals surface area (Å²) in [5, 5.41) is 5.25. The Morgan fingerprint density at radius 2 is 2.27 bits per heavy atom. The molecule has 0 spiro atoms. The number of amides is 3. The molecule has 2 N–H and O–H groups in total. The third-order valence-electron chi connectivity index (χ3n) is 3.56. The highest BCUT2D eigenvalue weighted by Crippen LogP contribution is 2.23. The van der Waals surface area contributed by atoms with Crippen molar-refractivity contribution in [2.75, 3.05) is 31.7 Å². The molecule has 0 unspecified atom stereocenters. The van der Waals surface area contributed by atoms with E-state index >= 15 is 0 Å². The Balaban J connectivity index is 1.94. The molecule has 7 heteroatoms. The molecule has 0 aliphatic carbocycles. The minimum atomic E-state index is -0.562. The fourth-order valence-electron chi connectivity index (χ4n) is 2.34. The van der Waals surface area contributed by atoms with Gasteiger partial charge in [-0.1, -0.05) is 0 Å². The molecule has 1 aliphatic heterocycles. The highest BCUT2D eigenvalue weighted by molar-refractivity contribution is 6.01. The Kier molecular flexibility index (Phi) is 5.32. The van der Waals surface area contributed by atoms with Gasteiger partial charge < -0.3 is 20.3 Å². The molecule has 1 heterocycles. The van der Waals surface area contributed by atoms with Crippen LogP contribution in [-0.4, -0.2) is 44.8 Å². The lowest BCUT2D eigenvalue weighted by molar-refractivity contribution is -0.118. The number of halogens is 1. The molecule has 0 radical (unpaired) electrons. The molecule has 6 nitrogen and oxygen atoms in total. The summed E-state index contributed by atoms with van der Waals surface area (Å²) in [4.78, 5) is 25.6. The number of carbonyl (C=O) groups excluding carboxylic acids is 2. The Bertz CT molecular complexity index is 565. The quantitative estimate of drug-likeness (QED) is 0.803. The predicted molar refractivity (Wildman–Crippen MR) is 80.3 cm³/mol. The molecule has 120 valence electrons. The van der Waals surface area contributed by atoms with Crippen LogP contribution in [0.15, 0.2) is 18.2 Å². The minimum absolute atomic E-state index is 0.187. The van der Waals surface area contributed by atoms with E-state index < -0.39 is 12.1 Å². The van der Waals surface area contributed by atoms with E-state index in [9.17, 15) is 14.0 Å². The Labute approximate surface area is 128 Å². The first-order chi connectivity index (χ1) is 10.5. The fraction of sp³-hybridized carbons (Fsp3) is 0.467. The average Bonchev–Trinajstić information content (AvgIpc) is 2.84. The molecule has 0 aromatic heterocycles. The van der Waals surface area contributed by atoms with E-state index in [4.69, 9.17) is 4.74 Å². The molecule has 1 atom stereocenters. The number of nitrogens with one attached hydrogen (secondary N) is 2. The maximum Gasteiger partial charge on any atom is 0.315 e. The zero-order valence-electron chi connectivity index (χ0n) is 12.7. The second kappa shape index (κ2) is 7.22. The molecule has 1 aromatic carbocycles. The molecule has 1 fully saturated rings. The number of methoxy groups -OCH3 is 1. The first kappa shape index (κ1) is 16.2. The van der Waals surface area contributed by atoms with Crippen molar-refractivity contribution in [3.63, 3.8) is 0 Å². The van der Waals surface area contributed by atoms with Crippen molar-refractivity contribution in [3.8, 4) is 0 Å². The summed E-state index contributed by atoms with van der Waals surface area (Å²) in [6.45, 7) is 2.93. The zero-order chi connectivity index (χ0) is 16.1. The SMILES string of the molecule is COCCNC(=O)N[C@H]1CCN(c2ccc(F)c(C)c2)C1=O. The number of hydrogen-bond donors (Lipinski definition) is 2. The first-order valence-electron chi connectivity index (χ1n) is 7.13. The van der Waals surface area contributed by atoms with Gasteiger partial charge in [-0.15, -0.1) is 0 Å². The van der Waals surface area contributed by atoms with E-state index in [1.165, 1.54) is 6.07 Å². The predicted octanol–water partition coefficient (Wildman–Crippen LogP) is 1.19. The number of anilines is 1. The van der Waals surface area contributed by atoms with Crippen LogP contribution in [-0.2, 0) is 9.53 Å².